The van der Waals surface area contributed by atoms with Crippen LogP contribution >= 0.6 is 0 Å². The lowest BCUT2D eigenvalue weighted by molar-refractivity contribution is 0.337. The van der Waals surface area contributed by atoms with Gasteiger partial charge in [0.2, 0.25) is 0 Å². The fourth-order valence-electron chi connectivity index (χ4n) is 1.18. The highest BCUT2D eigenvalue weighted by atomic mass is 32.2. The lowest BCUT2D eigenvalue weighted by Gasteiger charge is -2.07. The molecule has 1 rings (SSSR count). The van der Waals surface area contributed by atoms with Gasteiger partial charge in [0, 0.05) is 6.07 Å². The Morgan fingerprint density at radius 2 is 2.06 bits per heavy atom. The molecule has 0 aromatic heterocycles. The Kier molecular flexibility index (Phi) is 4.85. The lowest BCUT2D eigenvalue weighted by Crippen LogP contribution is -2.16. The van der Waals surface area contributed by atoms with Gasteiger partial charge in [-0.05, 0) is 12.1 Å². The largest absolute Gasteiger partial charge is 0.497 e. The van der Waals surface area contributed by atoms with Crippen molar-refractivity contribution < 1.29 is 17.9 Å². The zero-order valence-corrected chi connectivity index (χ0v) is 10.4. The minimum Gasteiger partial charge on any atom is -0.497 e. The van der Waals surface area contributed by atoms with E-state index >= 15 is 0 Å². The summed E-state index contributed by atoms with van der Waals surface area (Å²) in [6, 6.07) is 6.97. The smallest absolute Gasteiger partial charge is 0.164 e. The van der Waals surface area contributed by atoms with E-state index in [0.717, 1.165) is 0 Å². The van der Waals surface area contributed by atoms with E-state index in [1.165, 1.54) is 0 Å². The van der Waals surface area contributed by atoms with Gasteiger partial charge >= 0.3 is 0 Å². The second kappa shape index (κ2) is 6.16. The molecule has 0 fully saturated rings. The molecule has 0 bridgehead atoms. The molecule has 0 aliphatic heterocycles. The molecule has 0 aliphatic carbocycles. The van der Waals surface area contributed by atoms with Gasteiger partial charge in [-0.1, -0.05) is 12.0 Å². The Morgan fingerprint density at radius 3 is 2.71 bits per heavy atom. The summed E-state index contributed by atoms with van der Waals surface area (Å²) in [6.45, 7) is 0.0805. The summed E-state index contributed by atoms with van der Waals surface area (Å²) in [5, 5.41) is 0. The molecule has 0 aliphatic rings. The monoisotopic (exact) mass is 254 g/mol. The number of terminal acetylenes is 1. The summed E-state index contributed by atoms with van der Waals surface area (Å²) in [4.78, 5) is 0. The Bertz CT molecular complexity index is 499. The molecule has 1 aromatic rings. The van der Waals surface area contributed by atoms with Crippen LogP contribution in [0.2, 0.25) is 0 Å². The molecule has 4 nitrogen and oxygen atoms in total. The lowest BCUT2D eigenvalue weighted by atomic mass is 10.3. The van der Waals surface area contributed by atoms with Crippen molar-refractivity contribution in [3.63, 3.8) is 0 Å². The van der Waals surface area contributed by atoms with Gasteiger partial charge in [0.1, 0.15) is 23.9 Å². The van der Waals surface area contributed by atoms with Crippen LogP contribution in [0.3, 0.4) is 0 Å². The highest BCUT2D eigenvalue weighted by Crippen LogP contribution is 2.18. The fourth-order valence-corrected chi connectivity index (χ4v) is 1.91. The number of rotatable bonds is 6. The van der Waals surface area contributed by atoms with E-state index in [-0.39, 0.29) is 18.1 Å². The average Bonchev–Trinajstić information content (AvgIpc) is 2.29. The molecular weight excluding hydrogens is 240 g/mol. The summed E-state index contributed by atoms with van der Waals surface area (Å²) in [6.07, 6.45) is 4.95. The molecule has 0 amide bonds. The molecule has 0 N–H and O–H groups in total. The van der Waals surface area contributed by atoms with Crippen molar-refractivity contribution in [1.29, 1.82) is 0 Å². The maximum absolute atomic E-state index is 11.3. The minimum absolute atomic E-state index is 0.0805. The normalized spacial score (nSPS) is 10.6. The van der Waals surface area contributed by atoms with E-state index in [1.807, 2.05) is 0 Å². The number of benzene rings is 1. The van der Waals surface area contributed by atoms with Gasteiger partial charge in [-0.25, -0.2) is 8.42 Å². The SMILES string of the molecule is C#CCS(=O)(=O)CCOc1cccc(OC)c1. The van der Waals surface area contributed by atoms with Crippen LogP contribution in [-0.2, 0) is 9.84 Å². The molecule has 0 saturated carbocycles. The average molecular weight is 254 g/mol. The maximum atomic E-state index is 11.3. The van der Waals surface area contributed by atoms with Crippen LogP contribution in [0.15, 0.2) is 24.3 Å². The summed E-state index contributed by atoms with van der Waals surface area (Å²) >= 11 is 0. The molecule has 0 atom stereocenters. The van der Waals surface area contributed by atoms with Gasteiger partial charge in [0.15, 0.2) is 9.84 Å². The quantitative estimate of drug-likeness (QED) is 0.714. The molecule has 1 aromatic carbocycles. The number of methoxy groups -OCH3 is 1. The van der Waals surface area contributed by atoms with E-state index in [1.54, 1.807) is 31.4 Å². The summed E-state index contributed by atoms with van der Waals surface area (Å²) in [5.41, 5.74) is 0. The number of hydrogen-bond acceptors (Lipinski definition) is 4. The molecule has 5 heteroatoms. The van der Waals surface area contributed by atoms with E-state index in [2.05, 4.69) is 5.92 Å². The first kappa shape index (κ1) is 13.4. The molecule has 0 radical (unpaired) electrons. The van der Waals surface area contributed by atoms with Crippen LogP contribution in [0.25, 0.3) is 0 Å². The Balaban J connectivity index is 2.49. The number of ether oxygens (including phenoxy) is 2. The van der Waals surface area contributed by atoms with Crippen molar-refractivity contribution >= 4 is 9.84 Å². The molecular formula is C12H14O4S. The topological polar surface area (TPSA) is 52.6 Å². The van der Waals surface area contributed by atoms with Gasteiger partial charge in [0.25, 0.3) is 0 Å². The van der Waals surface area contributed by atoms with Crippen LogP contribution in [-0.4, -0.2) is 33.6 Å². The second-order valence-corrected chi connectivity index (χ2v) is 5.51. The summed E-state index contributed by atoms with van der Waals surface area (Å²) < 4.78 is 32.9. The number of hydrogen-bond donors (Lipinski definition) is 0. The third-order valence-electron chi connectivity index (χ3n) is 2.01. The van der Waals surface area contributed by atoms with Crippen LogP contribution in [0, 0.1) is 12.3 Å². The Labute approximate surface area is 101 Å². The second-order valence-electron chi connectivity index (χ2n) is 3.32. The van der Waals surface area contributed by atoms with Gasteiger partial charge in [-0.2, -0.15) is 0 Å². The van der Waals surface area contributed by atoms with Crippen LogP contribution in [0.4, 0.5) is 0 Å². The van der Waals surface area contributed by atoms with Crippen molar-refractivity contribution in [2.45, 2.75) is 0 Å². The van der Waals surface area contributed by atoms with Crippen molar-refractivity contribution in [3.05, 3.63) is 24.3 Å². The van der Waals surface area contributed by atoms with Crippen LogP contribution in [0.1, 0.15) is 0 Å². The zero-order valence-electron chi connectivity index (χ0n) is 9.55. The Morgan fingerprint density at radius 1 is 1.35 bits per heavy atom. The maximum Gasteiger partial charge on any atom is 0.164 e. The van der Waals surface area contributed by atoms with Gasteiger partial charge in [-0.3, -0.25) is 0 Å². The van der Waals surface area contributed by atoms with Gasteiger partial charge < -0.3 is 9.47 Å². The first-order valence-corrected chi connectivity index (χ1v) is 6.80. The molecule has 17 heavy (non-hydrogen) atoms. The zero-order chi connectivity index (χ0) is 12.7. The third-order valence-corrected chi connectivity index (χ3v) is 3.40. The first-order valence-electron chi connectivity index (χ1n) is 4.98. The predicted octanol–water partition coefficient (Wildman–Crippen LogP) is 1.12. The first-order chi connectivity index (χ1) is 8.07. The van der Waals surface area contributed by atoms with E-state index in [9.17, 15) is 8.42 Å². The summed E-state index contributed by atoms with van der Waals surface area (Å²) in [7, 11) is -1.66. The predicted molar refractivity (Wildman–Crippen MR) is 66.0 cm³/mol. The summed E-state index contributed by atoms with van der Waals surface area (Å²) in [5.74, 6) is 3.00. The highest BCUT2D eigenvalue weighted by Gasteiger charge is 2.08. The van der Waals surface area contributed by atoms with Gasteiger partial charge in [-0.15, -0.1) is 6.42 Å². The van der Waals surface area contributed by atoms with Crippen LogP contribution < -0.4 is 9.47 Å². The van der Waals surface area contributed by atoms with Crippen molar-refractivity contribution in [1.82, 2.24) is 0 Å². The standard InChI is InChI=1S/C12H14O4S/c1-3-8-17(13,14)9-7-16-12-6-4-5-11(10-12)15-2/h1,4-6,10H,7-9H2,2H3. The van der Waals surface area contributed by atoms with Crippen molar-refractivity contribution in [2.24, 2.45) is 0 Å². The molecule has 0 heterocycles. The number of sulfone groups is 1. The minimum atomic E-state index is -3.21. The Hall–Kier alpha value is -1.67. The van der Waals surface area contributed by atoms with E-state index < -0.39 is 9.84 Å². The fraction of sp³-hybridized carbons (Fsp3) is 0.333. The molecule has 0 unspecified atom stereocenters. The van der Waals surface area contributed by atoms with Crippen molar-refractivity contribution in [3.8, 4) is 23.8 Å². The molecule has 0 spiro atoms. The van der Waals surface area contributed by atoms with Crippen LogP contribution in [0.5, 0.6) is 11.5 Å². The highest BCUT2D eigenvalue weighted by molar-refractivity contribution is 7.91. The molecule has 92 valence electrons. The third kappa shape index (κ3) is 4.79. The van der Waals surface area contributed by atoms with Crippen molar-refractivity contribution in [2.75, 3.05) is 25.2 Å². The van der Waals surface area contributed by atoms with Gasteiger partial charge in [0.05, 0.1) is 12.9 Å². The van der Waals surface area contributed by atoms with E-state index in [4.69, 9.17) is 15.9 Å². The van der Waals surface area contributed by atoms with E-state index in [0.29, 0.717) is 11.5 Å². The molecule has 0 saturated heterocycles.